The normalized spacial score (nSPS) is 14.5. The standard InChI is InChI=1S/C15H10ClFN2O2/c16-9-1-4-11(5-2-9)19-15(21)8-13(18-19)12-6-3-10(17)7-14(12)20/h1-7,20H,8H2. The first kappa shape index (κ1) is 13.6. The van der Waals surface area contributed by atoms with Crippen LogP contribution < -0.4 is 5.01 Å². The Bertz CT molecular complexity index is 744. The molecule has 1 aliphatic heterocycles. The molecule has 0 atom stereocenters. The number of carbonyl (C=O) groups is 1. The van der Waals surface area contributed by atoms with Gasteiger partial charge in [-0.15, -0.1) is 0 Å². The van der Waals surface area contributed by atoms with Gasteiger partial charge in [-0.05, 0) is 36.4 Å². The lowest BCUT2D eigenvalue weighted by Gasteiger charge is -2.11. The summed E-state index contributed by atoms with van der Waals surface area (Å²) < 4.78 is 13.0. The van der Waals surface area contributed by atoms with Crippen LogP contribution in [-0.2, 0) is 4.79 Å². The number of phenolic OH excluding ortho intramolecular Hbond substituents is 1. The molecule has 0 fully saturated rings. The predicted octanol–water partition coefficient (Wildman–Crippen LogP) is 3.33. The fraction of sp³-hybridized carbons (Fsp3) is 0.0667. The Balaban J connectivity index is 1.97. The van der Waals surface area contributed by atoms with Crippen LogP contribution in [0.2, 0.25) is 5.02 Å². The number of benzene rings is 2. The molecule has 6 heteroatoms. The topological polar surface area (TPSA) is 52.9 Å². The van der Waals surface area contributed by atoms with E-state index in [9.17, 15) is 14.3 Å². The highest BCUT2D eigenvalue weighted by Crippen LogP contribution is 2.27. The molecule has 2 aromatic carbocycles. The van der Waals surface area contributed by atoms with Gasteiger partial charge in [0, 0.05) is 16.7 Å². The average molecular weight is 305 g/mol. The lowest BCUT2D eigenvalue weighted by Crippen LogP contribution is -2.19. The predicted molar refractivity (Wildman–Crippen MR) is 78.2 cm³/mol. The maximum Gasteiger partial charge on any atom is 0.253 e. The minimum absolute atomic E-state index is 0.0435. The largest absolute Gasteiger partial charge is 0.507 e. The summed E-state index contributed by atoms with van der Waals surface area (Å²) in [7, 11) is 0. The van der Waals surface area contributed by atoms with Crippen LogP contribution in [0.4, 0.5) is 10.1 Å². The third-order valence-corrected chi connectivity index (χ3v) is 3.37. The number of anilines is 1. The van der Waals surface area contributed by atoms with Gasteiger partial charge in [0.05, 0.1) is 17.8 Å². The molecule has 0 aliphatic carbocycles. The number of phenols is 1. The van der Waals surface area contributed by atoms with E-state index < -0.39 is 5.82 Å². The smallest absolute Gasteiger partial charge is 0.253 e. The molecule has 0 spiro atoms. The molecule has 0 unspecified atom stereocenters. The highest BCUT2D eigenvalue weighted by atomic mass is 35.5. The molecule has 1 heterocycles. The average Bonchev–Trinajstić information content (AvgIpc) is 2.81. The number of nitrogens with zero attached hydrogens (tertiary/aromatic N) is 2. The molecule has 3 rings (SSSR count). The van der Waals surface area contributed by atoms with E-state index in [2.05, 4.69) is 5.10 Å². The Labute approximate surface area is 125 Å². The van der Waals surface area contributed by atoms with Crippen molar-refractivity contribution in [3.05, 3.63) is 58.9 Å². The zero-order chi connectivity index (χ0) is 15.0. The van der Waals surface area contributed by atoms with Crippen LogP contribution in [0.3, 0.4) is 0 Å². The minimum atomic E-state index is -0.546. The molecule has 0 saturated heterocycles. The van der Waals surface area contributed by atoms with Crippen molar-refractivity contribution < 1.29 is 14.3 Å². The van der Waals surface area contributed by atoms with Crippen molar-refractivity contribution in [2.75, 3.05) is 5.01 Å². The fourth-order valence-corrected chi connectivity index (χ4v) is 2.24. The number of aromatic hydroxyl groups is 1. The third kappa shape index (κ3) is 2.60. The molecule has 4 nitrogen and oxygen atoms in total. The van der Waals surface area contributed by atoms with Gasteiger partial charge < -0.3 is 5.11 Å². The summed E-state index contributed by atoms with van der Waals surface area (Å²) in [5, 5.41) is 15.8. The van der Waals surface area contributed by atoms with Gasteiger partial charge in [-0.2, -0.15) is 5.10 Å². The van der Waals surface area contributed by atoms with E-state index in [1.165, 1.54) is 17.1 Å². The van der Waals surface area contributed by atoms with Crippen LogP contribution >= 0.6 is 11.6 Å². The van der Waals surface area contributed by atoms with E-state index in [1.54, 1.807) is 24.3 Å². The maximum absolute atomic E-state index is 13.0. The summed E-state index contributed by atoms with van der Waals surface area (Å²) >= 11 is 5.81. The summed E-state index contributed by atoms with van der Waals surface area (Å²) in [6.07, 6.45) is 0.0435. The number of amides is 1. The van der Waals surface area contributed by atoms with Crippen molar-refractivity contribution in [1.82, 2.24) is 0 Å². The molecule has 0 bridgehead atoms. The number of halogens is 2. The first-order valence-corrected chi connectivity index (χ1v) is 6.57. The van der Waals surface area contributed by atoms with Crippen molar-refractivity contribution >= 4 is 28.9 Å². The van der Waals surface area contributed by atoms with Gasteiger partial charge in [0.1, 0.15) is 11.6 Å². The lowest BCUT2D eigenvalue weighted by atomic mass is 10.1. The summed E-state index contributed by atoms with van der Waals surface area (Å²) in [5.41, 5.74) is 1.33. The zero-order valence-corrected chi connectivity index (χ0v) is 11.5. The van der Waals surface area contributed by atoms with Crippen LogP contribution in [0.1, 0.15) is 12.0 Å². The zero-order valence-electron chi connectivity index (χ0n) is 10.8. The monoisotopic (exact) mass is 304 g/mol. The van der Waals surface area contributed by atoms with Gasteiger partial charge >= 0.3 is 0 Å². The third-order valence-electron chi connectivity index (χ3n) is 3.12. The first-order chi connectivity index (χ1) is 10.0. The second-order valence-corrected chi connectivity index (χ2v) is 5.00. The van der Waals surface area contributed by atoms with E-state index in [1.807, 2.05) is 0 Å². The Hall–Kier alpha value is -2.40. The molecule has 106 valence electrons. The van der Waals surface area contributed by atoms with Gasteiger partial charge in [-0.3, -0.25) is 4.79 Å². The summed E-state index contributed by atoms with van der Waals surface area (Å²) in [6.45, 7) is 0. The molecule has 0 aromatic heterocycles. The first-order valence-electron chi connectivity index (χ1n) is 6.19. The van der Waals surface area contributed by atoms with Gasteiger partial charge in [-0.25, -0.2) is 9.40 Å². The Morgan fingerprint density at radius 1 is 1.19 bits per heavy atom. The van der Waals surface area contributed by atoms with E-state index in [4.69, 9.17) is 11.6 Å². The second kappa shape index (κ2) is 5.18. The highest BCUT2D eigenvalue weighted by molar-refractivity contribution is 6.30. The van der Waals surface area contributed by atoms with Gasteiger partial charge in [0.15, 0.2) is 0 Å². The Morgan fingerprint density at radius 3 is 2.57 bits per heavy atom. The van der Waals surface area contributed by atoms with Crippen molar-refractivity contribution in [2.24, 2.45) is 5.10 Å². The van der Waals surface area contributed by atoms with Gasteiger partial charge in [0.25, 0.3) is 5.91 Å². The van der Waals surface area contributed by atoms with Crippen molar-refractivity contribution in [1.29, 1.82) is 0 Å². The van der Waals surface area contributed by atoms with Gasteiger partial charge in [0.2, 0.25) is 0 Å². The van der Waals surface area contributed by atoms with Crippen LogP contribution in [0.5, 0.6) is 5.75 Å². The molecular weight excluding hydrogens is 295 g/mol. The summed E-state index contributed by atoms with van der Waals surface area (Å²) in [5.74, 6) is -1.01. The second-order valence-electron chi connectivity index (χ2n) is 4.57. The maximum atomic E-state index is 13.0. The van der Waals surface area contributed by atoms with E-state index in [0.717, 1.165) is 6.07 Å². The van der Waals surface area contributed by atoms with Crippen LogP contribution in [0, 0.1) is 5.82 Å². The summed E-state index contributed by atoms with van der Waals surface area (Å²) in [6, 6.07) is 10.3. The fourth-order valence-electron chi connectivity index (χ4n) is 2.11. The number of rotatable bonds is 2. The molecule has 21 heavy (non-hydrogen) atoms. The van der Waals surface area contributed by atoms with Crippen molar-refractivity contribution in [2.45, 2.75) is 6.42 Å². The Morgan fingerprint density at radius 2 is 1.90 bits per heavy atom. The van der Waals surface area contributed by atoms with Crippen LogP contribution in [-0.4, -0.2) is 16.7 Å². The highest BCUT2D eigenvalue weighted by Gasteiger charge is 2.27. The van der Waals surface area contributed by atoms with E-state index in [-0.39, 0.29) is 18.1 Å². The molecule has 1 N–H and O–H groups in total. The number of hydrogen-bond acceptors (Lipinski definition) is 3. The lowest BCUT2D eigenvalue weighted by molar-refractivity contribution is -0.116. The van der Waals surface area contributed by atoms with Crippen molar-refractivity contribution in [3.8, 4) is 5.75 Å². The summed E-state index contributed by atoms with van der Waals surface area (Å²) in [4.78, 5) is 12.0. The molecule has 2 aromatic rings. The minimum Gasteiger partial charge on any atom is -0.507 e. The SMILES string of the molecule is O=C1CC(c2ccc(F)cc2O)=NN1c1ccc(Cl)cc1. The molecule has 1 amide bonds. The molecule has 0 radical (unpaired) electrons. The quantitative estimate of drug-likeness (QED) is 0.925. The molecular formula is C15H10ClFN2O2. The molecule has 1 aliphatic rings. The van der Waals surface area contributed by atoms with E-state index >= 15 is 0 Å². The van der Waals surface area contributed by atoms with Crippen molar-refractivity contribution in [3.63, 3.8) is 0 Å². The Kier molecular flexibility index (Phi) is 3.35. The van der Waals surface area contributed by atoms with Gasteiger partial charge in [-0.1, -0.05) is 11.6 Å². The molecule has 0 saturated carbocycles. The van der Waals surface area contributed by atoms with Crippen LogP contribution in [0.15, 0.2) is 47.6 Å². The number of carbonyl (C=O) groups excluding carboxylic acids is 1. The number of hydrogen-bond donors (Lipinski definition) is 1. The number of hydrazone groups is 1. The van der Waals surface area contributed by atoms with Crippen LogP contribution in [0.25, 0.3) is 0 Å². The van der Waals surface area contributed by atoms with E-state index in [0.29, 0.717) is 22.0 Å².